The highest BCUT2D eigenvalue weighted by atomic mass is 16.3. The lowest BCUT2D eigenvalue weighted by atomic mass is 9.91. The first-order chi connectivity index (χ1) is 10.6. The quantitative estimate of drug-likeness (QED) is 0.830. The monoisotopic (exact) mass is 303 g/mol. The number of rotatable bonds is 6. The van der Waals surface area contributed by atoms with Crippen molar-refractivity contribution in [3.05, 3.63) is 29.6 Å². The van der Waals surface area contributed by atoms with Gasteiger partial charge in [-0.05, 0) is 50.7 Å². The minimum atomic E-state index is -1.25. The molecule has 1 aliphatic carbocycles. The number of hydrogen-bond donors (Lipinski definition) is 2. The SMILES string of the molecule is Cc1cccc(CNCC2(O)CCCN(CC3CC3)C2=O)n1. The number of carbonyl (C=O) groups is 1. The summed E-state index contributed by atoms with van der Waals surface area (Å²) in [6.45, 7) is 4.43. The molecule has 0 spiro atoms. The van der Waals surface area contributed by atoms with Crippen molar-refractivity contribution in [1.82, 2.24) is 15.2 Å². The van der Waals surface area contributed by atoms with Crippen molar-refractivity contribution in [3.8, 4) is 0 Å². The lowest BCUT2D eigenvalue weighted by Crippen LogP contribution is -2.58. The van der Waals surface area contributed by atoms with Gasteiger partial charge in [-0.1, -0.05) is 6.07 Å². The summed E-state index contributed by atoms with van der Waals surface area (Å²) in [7, 11) is 0. The third kappa shape index (κ3) is 3.65. The van der Waals surface area contributed by atoms with E-state index in [4.69, 9.17) is 0 Å². The highest BCUT2D eigenvalue weighted by Crippen LogP contribution is 2.32. The Labute approximate surface area is 131 Å². The molecule has 5 nitrogen and oxygen atoms in total. The van der Waals surface area contributed by atoms with Gasteiger partial charge < -0.3 is 15.3 Å². The molecule has 2 fully saturated rings. The van der Waals surface area contributed by atoms with E-state index < -0.39 is 5.60 Å². The zero-order chi connectivity index (χ0) is 15.6. The highest BCUT2D eigenvalue weighted by Gasteiger charge is 2.43. The Morgan fingerprint density at radius 3 is 3.00 bits per heavy atom. The van der Waals surface area contributed by atoms with Crippen molar-refractivity contribution >= 4 is 5.91 Å². The molecule has 3 rings (SSSR count). The van der Waals surface area contributed by atoms with E-state index in [-0.39, 0.29) is 5.91 Å². The van der Waals surface area contributed by atoms with Crippen molar-refractivity contribution in [2.45, 2.75) is 44.8 Å². The molecule has 0 aromatic carbocycles. The van der Waals surface area contributed by atoms with Gasteiger partial charge in [-0.15, -0.1) is 0 Å². The standard InChI is InChI=1S/C17H25N3O2/c1-13-4-2-5-15(19-13)10-18-12-17(22)8-3-9-20(16(17)21)11-14-6-7-14/h2,4-5,14,18,22H,3,6-12H2,1H3. The van der Waals surface area contributed by atoms with Gasteiger partial charge in [-0.3, -0.25) is 9.78 Å². The number of aliphatic hydroxyl groups is 1. The molecule has 22 heavy (non-hydrogen) atoms. The molecular formula is C17H25N3O2. The number of likely N-dealkylation sites (tertiary alicyclic amines) is 1. The molecule has 1 aromatic rings. The van der Waals surface area contributed by atoms with Crippen LogP contribution >= 0.6 is 0 Å². The number of carbonyl (C=O) groups excluding carboxylic acids is 1. The minimum Gasteiger partial charge on any atom is -0.379 e. The van der Waals surface area contributed by atoms with Gasteiger partial charge in [0.15, 0.2) is 5.60 Å². The van der Waals surface area contributed by atoms with Gasteiger partial charge in [0.05, 0.1) is 5.69 Å². The number of nitrogens with one attached hydrogen (secondary N) is 1. The fourth-order valence-electron chi connectivity index (χ4n) is 3.11. The molecule has 5 heteroatoms. The molecule has 2 aliphatic rings. The van der Waals surface area contributed by atoms with Crippen LogP contribution in [0.15, 0.2) is 18.2 Å². The summed E-state index contributed by atoms with van der Waals surface area (Å²) in [5, 5.41) is 13.9. The average molecular weight is 303 g/mol. The van der Waals surface area contributed by atoms with E-state index in [1.165, 1.54) is 12.8 Å². The Bertz CT molecular complexity index is 544. The normalized spacial score (nSPS) is 25.5. The van der Waals surface area contributed by atoms with Gasteiger partial charge in [0.2, 0.25) is 0 Å². The molecule has 1 aliphatic heterocycles. The van der Waals surface area contributed by atoms with Crippen LogP contribution in [0.25, 0.3) is 0 Å². The van der Waals surface area contributed by atoms with Crippen LogP contribution in [-0.2, 0) is 11.3 Å². The number of pyridine rings is 1. The molecule has 2 N–H and O–H groups in total. The number of nitrogens with zero attached hydrogens (tertiary/aromatic N) is 2. The third-order valence-corrected chi connectivity index (χ3v) is 4.55. The second-order valence-corrected chi connectivity index (χ2v) is 6.70. The van der Waals surface area contributed by atoms with Crippen molar-refractivity contribution < 1.29 is 9.90 Å². The fraction of sp³-hybridized carbons (Fsp3) is 0.647. The van der Waals surface area contributed by atoms with Crippen LogP contribution in [0, 0.1) is 12.8 Å². The molecule has 1 atom stereocenters. The van der Waals surface area contributed by atoms with E-state index in [0.29, 0.717) is 25.4 Å². The first kappa shape index (κ1) is 15.4. The van der Waals surface area contributed by atoms with Crippen LogP contribution in [0.3, 0.4) is 0 Å². The van der Waals surface area contributed by atoms with E-state index in [1.54, 1.807) is 0 Å². The van der Waals surface area contributed by atoms with Crippen molar-refractivity contribution in [2.24, 2.45) is 5.92 Å². The molecule has 1 saturated heterocycles. The Morgan fingerprint density at radius 1 is 1.45 bits per heavy atom. The smallest absolute Gasteiger partial charge is 0.255 e. The first-order valence-corrected chi connectivity index (χ1v) is 8.22. The maximum absolute atomic E-state index is 12.5. The predicted octanol–water partition coefficient (Wildman–Crippen LogP) is 1.24. The lowest BCUT2D eigenvalue weighted by molar-refractivity contribution is -0.156. The van der Waals surface area contributed by atoms with Gasteiger partial charge >= 0.3 is 0 Å². The fourth-order valence-corrected chi connectivity index (χ4v) is 3.11. The molecular weight excluding hydrogens is 278 g/mol. The third-order valence-electron chi connectivity index (χ3n) is 4.55. The Balaban J connectivity index is 1.54. The van der Waals surface area contributed by atoms with Gasteiger partial charge in [-0.2, -0.15) is 0 Å². The maximum atomic E-state index is 12.5. The summed E-state index contributed by atoms with van der Waals surface area (Å²) >= 11 is 0. The van der Waals surface area contributed by atoms with Gasteiger partial charge in [0.1, 0.15) is 0 Å². The highest BCUT2D eigenvalue weighted by molar-refractivity contribution is 5.86. The first-order valence-electron chi connectivity index (χ1n) is 8.22. The maximum Gasteiger partial charge on any atom is 0.255 e. The largest absolute Gasteiger partial charge is 0.379 e. The summed E-state index contributed by atoms with van der Waals surface area (Å²) in [5.41, 5.74) is 0.654. The van der Waals surface area contributed by atoms with E-state index in [0.717, 1.165) is 30.9 Å². The number of aromatic nitrogens is 1. The summed E-state index contributed by atoms with van der Waals surface area (Å²) in [6, 6.07) is 5.88. The topological polar surface area (TPSA) is 65.5 Å². The molecule has 1 unspecified atom stereocenters. The zero-order valence-electron chi connectivity index (χ0n) is 13.2. The number of amides is 1. The van der Waals surface area contributed by atoms with E-state index in [1.807, 2.05) is 30.0 Å². The second-order valence-electron chi connectivity index (χ2n) is 6.70. The van der Waals surface area contributed by atoms with Crippen molar-refractivity contribution in [2.75, 3.05) is 19.6 Å². The minimum absolute atomic E-state index is 0.102. The zero-order valence-corrected chi connectivity index (χ0v) is 13.2. The lowest BCUT2D eigenvalue weighted by Gasteiger charge is -2.38. The summed E-state index contributed by atoms with van der Waals surface area (Å²) < 4.78 is 0. The molecule has 0 bridgehead atoms. The molecule has 2 heterocycles. The average Bonchev–Trinajstić information content (AvgIpc) is 3.28. The second kappa shape index (κ2) is 6.34. The number of aryl methyl sites for hydroxylation is 1. The Kier molecular flexibility index (Phi) is 4.45. The summed E-state index contributed by atoms with van der Waals surface area (Å²) in [6.07, 6.45) is 3.86. The van der Waals surface area contributed by atoms with E-state index in [2.05, 4.69) is 10.3 Å². The number of hydrogen-bond acceptors (Lipinski definition) is 4. The Morgan fingerprint density at radius 2 is 2.27 bits per heavy atom. The van der Waals surface area contributed by atoms with Gasteiger partial charge in [0.25, 0.3) is 5.91 Å². The van der Waals surface area contributed by atoms with E-state index in [9.17, 15) is 9.90 Å². The van der Waals surface area contributed by atoms with Gasteiger partial charge in [-0.25, -0.2) is 0 Å². The molecule has 1 amide bonds. The van der Waals surface area contributed by atoms with Gasteiger partial charge in [0, 0.05) is 31.9 Å². The van der Waals surface area contributed by atoms with E-state index >= 15 is 0 Å². The molecule has 1 saturated carbocycles. The summed E-state index contributed by atoms with van der Waals surface area (Å²) in [5.74, 6) is 0.561. The number of piperidine rings is 1. The van der Waals surface area contributed by atoms with Crippen LogP contribution in [0.2, 0.25) is 0 Å². The van der Waals surface area contributed by atoms with Crippen molar-refractivity contribution in [1.29, 1.82) is 0 Å². The predicted molar refractivity (Wildman–Crippen MR) is 84.2 cm³/mol. The van der Waals surface area contributed by atoms with Crippen molar-refractivity contribution in [3.63, 3.8) is 0 Å². The molecule has 120 valence electrons. The molecule has 0 radical (unpaired) electrons. The van der Waals surface area contributed by atoms with Crippen LogP contribution < -0.4 is 5.32 Å². The summed E-state index contributed by atoms with van der Waals surface area (Å²) in [4.78, 5) is 18.8. The van der Waals surface area contributed by atoms with Crippen LogP contribution in [-0.4, -0.2) is 46.1 Å². The Hall–Kier alpha value is -1.46. The van der Waals surface area contributed by atoms with Crippen LogP contribution in [0.5, 0.6) is 0 Å². The van der Waals surface area contributed by atoms with Crippen LogP contribution in [0.4, 0.5) is 0 Å². The molecule has 1 aromatic heterocycles. The van der Waals surface area contributed by atoms with Crippen LogP contribution in [0.1, 0.15) is 37.1 Å².